The molecule has 0 aliphatic carbocycles. The van der Waals surface area contributed by atoms with Gasteiger partial charge in [-0.1, -0.05) is 27.7 Å². The van der Waals surface area contributed by atoms with Crippen molar-refractivity contribution in [2.45, 2.75) is 45.0 Å². The molecule has 2 N–H and O–H groups in total. The van der Waals surface area contributed by atoms with Crippen molar-refractivity contribution in [1.29, 1.82) is 0 Å². The average Bonchev–Trinajstić information content (AvgIpc) is 2.31. The second kappa shape index (κ2) is 8.12. The molecule has 114 valence electrons. The monoisotopic (exact) mass is 291 g/mol. The molecule has 5 heteroatoms. The number of nitrogens with zero attached hydrogens (tertiary/aromatic N) is 1. The van der Waals surface area contributed by atoms with Crippen LogP contribution in [0, 0.1) is 11.8 Å². The summed E-state index contributed by atoms with van der Waals surface area (Å²) in [4.78, 5) is 13.8. The van der Waals surface area contributed by atoms with E-state index in [1.54, 1.807) is 30.8 Å². The van der Waals surface area contributed by atoms with E-state index in [1.165, 1.54) is 0 Å². The first-order valence-corrected chi connectivity index (χ1v) is 7.73. The second-order valence-corrected chi connectivity index (χ2v) is 7.92. The van der Waals surface area contributed by atoms with Crippen LogP contribution >= 0.6 is 11.8 Å². The summed E-state index contributed by atoms with van der Waals surface area (Å²) in [6, 6.07) is 0. The van der Waals surface area contributed by atoms with E-state index in [-0.39, 0.29) is 29.1 Å². The van der Waals surface area contributed by atoms with Crippen LogP contribution in [0.1, 0.15) is 34.1 Å². The quantitative estimate of drug-likeness (QED) is 0.713. The van der Waals surface area contributed by atoms with E-state index in [0.29, 0.717) is 5.75 Å². The summed E-state index contributed by atoms with van der Waals surface area (Å²) in [5.74, 6) is 0.928. The van der Waals surface area contributed by atoms with E-state index in [1.807, 2.05) is 0 Å². The Labute approximate surface area is 121 Å². The first-order valence-electron chi connectivity index (χ1n) is 6.74. The number of carbonyl (C=O) groups is 1. The molecule has 0 radical (unpaired) electrons. The lowest BCUT2D eigenvalue weighted by molar-refractivity contribution is -0.134. The van der Waals surface area contributed by atoms with Crippen LogP contribution in [0.2, 0.25) is 0 Å². The third-order valence-electron chi connectivity index (χ3n) is 3.15. The second-order valence-electron chi connectivity index (χ2n) is 6.19. The maximum atomic E-state index is 12.2. The van der Waals surface area contributed by atoms with Crippen LogP contribution in [0.3, 0.4) is 0 Å². The number of carbonyl (C=O) groups excluding carboxylic acids is 1. The summed E-state index contributed by atoms with van der Waals surface area (Å²) < 4.78 is -0.100. The van der Waals surface area contributed by atoms with E-state index >= 15 is 0 Å². The van der Waals surface area contributed by atoms with Crippen LogP contribution < -0.4 is 0 Å². The van der Waals surface area contributed by atoms with E-state index in [0.717, 1.165) is 6.42 Å². The maximum Gasteiger partial charge on any atom is 0.225 e. The minimum Gasteiger partial charge on any atom is -0.394 e. The van der Waals surface area contributed by atoms with Gasteiger partial charge < -0.3 is 15.1 Å². The minimum atomic E-state index is -0.689. The average molecular weight is 291 g/mol. The molecule has 0 aromatic carbocycles. The molecule has 1 amide bonds. The summed E-state index contributed by atoms with van der Waals surface area (Å²) in [5.41, 5.74) is 0. The lowest BCUT2D eigenvalue weighted by atomic mass is 9.86. The number of aliphatic hydroxyl groups excluding tert-OH is 2. The van der Waals surface area contributed by atoms with Crippen molar-refractivity contribution in [3.63, 3.8) is 0 Å². The zero-order valence-corrected chi connectivity index (χ0v) is 13.8. The fraction of sp³-hybridized carbons (Fsp3) is 0.929. The lowest BCUT2D eigenvalue weighted by Gasteiger charge is -2.32. The lowest BCUT2D eigenvalue weighted by Crippen LogP contribution is -2.37. The van der Waals surface area contributed by atoms with Crippen LogP contribution in [0.15, 0.2) is 0 Å². The van der Waals surface area contributed by atoms with Gasteiger partial charge in [-0.15, -0.1) is 0 Å². The van der Waals surface area contributed by atoms with Gasteiger partial charge >= 0.3 is 0 Å². The highest BCUT2D eigenvalue weighted by atomic mass is 32.2. The molecule has 0 aliphatic heterocycles. The third-order valence-corrected chi connectivity index (χ3v) is 4.65. The van der Waals surface area contributed by atoms with Crippen molar-refractivity contribution >= 4 is 17.7 Å². The highest BCUT2D eigenvalue weighted by Gasteiger charge is 2.31. The predicted octanol–water partition coefficient (Wildman–Crippen LogP) is 1.60. The summed E-state index contributed by atoms with van der Waals surface area (Å²) in [6.45, 7) is 8.08. The Kier molecular flexibility index (Phi) is 8.01. The molecule has 0 saturated heterocycles. The van der Waals surface area contributed by atoms with Crippen LogP contribution in [-0.2, 0) is 4.79 Å². The van der Waals surface area contributed by atoms with E-state index in [9.17, 15) is 9.90 Å². The van der Waals surface area contributed by atoms with Crippen LogP contribution in [0.4, 0.5) is 0 Å². The topological polar surface area (TPSA) is 60.8 Å². The SMILES string of the molecule is CC(C)C(CC(C)(C)SCC(O)CO)C(=O)N(C)C. The van der Waals surface area contributed by atoms with Crippen molar-refractivity contribution in [3.05, 3.63) is 0 Å². The highest BCUT2D eigenvalue weighted by Crippen LogP contribution is 2.35. The normalized spacial score (nSPS) is 15.4. The summed E-state index contributed by atoms with van der Waals surface area (Å²) in [7, 11) is 3.57. The van der Waals surface area contributed by atoms with Gasteiger partial charge in [0.05, 0.1) is 12.7 Å². The Hall–Kier alpha value is -0.260. The molecule has 0 aromatic rings. The Morgan fingerprint density at radius 3 is 2.21 bits per heavy atom. The minimum absolute atomic E-state index is 0.0104. The molecule has 0 rings (SSSR count). The molecule has 0 saturated carbocycles. The highest BCUT2D eigenvalue weighted by molar-refractivity contribution is 8.00. The Balaban J connectivity index is 4.60. The maximum absolute atomic E-state index is 12.2. The molecule has 2 unspecified atom stereocenters. The number of rotatable bonds is 8. The molecule has 0 heterocycles. The van der Waals surface area contributed by atoms with Crippen molar-refractivity contribution in [2.24, 2.45) is 11.8 Å². The van der Waals surface area contributed by atoms with Crippen molar-refractivity contribution in [2.75, 3.05) is 26.5 Å². The van der Waals surface area contributed by atoms with E-state index in [4.69, 9.17) is 5.11 Å². The number of aliphatic hydroxyl groups is 2. The van der Waals surface area contributed by atoms with Gasteiger partial charge in [-0.05, 0) is 12.3 Å². The van der Waals surface area contributed by atoms with Gasteiger partial charge in [0.15, 0.2) is 0 Å². The first kappa shape index (κ1) is 18.7. The molecule has 0 bridgehead atoms. The van der Waals surface area contributed by atoms with Gasteiger partial charge in [0.25, 0.3) is 0 Å². The fourth-order valence-corrected chi connectivity index (χ4v) is 2.95. The molecule has 0 spiro atoms. The van der Waals surface area contributed by atoms with Crippen LogP contribution in [0.5, 0.6) is 0 Å². The zero-order chi connectivity index (χ0) is 15.2. The molecule has 0 aromatic heterocycles. The van der Waals surface area contributed by atoms with Crippen LogP contribution in [-0.4, -0.2) is 58.3 Å². The number of thioether (sulfide) groups is 1. The molecule has 19 heavy (non-hydrogen) atoms. The van der Waals surface area contributed by atoms with Gasteiger partial charge in [-0.3, -0.25) is 4.79 Å². The molecular formula is C14H29NO3S. The van der Waals surface area contributed by atoms with E-state index < -0.39 is 6.10 Å². The largest absolute Gasteiger partial charge is 0.394 e. The van der Waals surface area contributed by atoms with Gasteiger partial charge in [-0.2, -0.15) is 11.8 Å². The predicted molar refractivity (Wildman–Crippen MR) is 81.3 cm³/mol. The third kappa shape index (κ3) is 7.18. The Bertz CT molecular complexity index is 280. The van der Waals surface area contributed by atoms with E-state index in [2.05, 4.69) is 27.7 Å². The molecule has 0 fully saturated rings. The molecule has 4 nitrogen and oxygen atoms in total. The zero-order valence-electron chi connectivity index (χ0n) is 13.0. The Morgan fingerprint density at radius 2 is 1.84 bits per heavy atom. The molecule has 0 aliphatic rings. The van der Waals surface area contributed by atoms with Crippen LogP contribution in [0.25, 0.3) is 0 Å². The molecular weight excluding hydrogens is 262 g/mol. The van der Waals surface area contributed by atoms with Gasteiger partial charge in [0, 0.05) is 30.5 Å². The van der Waals surface area contributed by atoms with Crippen molar-refractivity contribution in [3.8, 4) is 0 Å². The summed E-state index contributed by atoms with van der Waals surface area (Å²) in [6.07, 6.45) is 0.0798. The summed E-state index contributed by atoms with van der Waals surface area (Å²) in [5, 5.41) is 18.3. The number of amides is 1. The van der Waals surface area contributed by atoms with Gasteiger partial charge in [0.1, 0.15) is 0 Å². The number of hydrogen-bond donors (Lipinski definition) is 2. The smallest absolute Gasteiger partial charge is 0.225 e. The molecule has 2 atom stereocenters. The first-order chi connectivity index (χ1) is 8.60. The number of hydrogen-bond acceptors (Lipinski definition) is 4. The standard InChI is InChI=1S/C14H29NO3S/c1-10(2)12(13(18)15(5)6)7-14(3,4)19-9-11(17)8-16/h10-12,16-17H,7-9H2,1-6H3. The Morgan fingerprint density at radius 1 is 1.32 bits per heavy atom. The summed E-state index contributed by atoms with van der Waals surface area (Å²) >= 11 is 1.61. The van der Waals surface area contributed by atoms with Gasteiger partial charge in [-0.25, -0.2) is 0 Å². The fourth-order valence-electron chi connectivity index (χ4n) is 1.90. The van der Waals surface area contributed by atoms with Crippen molar-refractivity contribution < 1.29 is 15.0 Å². The van der Waals surface area contributed by atoms with Gasteiger partial charge in [0.2, 0.25) is 5.91 Å². The van der Waals surface area contributed by atoms with Crippen molar-refractivity contribution in [1.82, 2.24) is 4.90 Å².